The van der Waals surface area contributed by atoms with Crippen molar-refractivity contribution in [3.8, 4) is 0 Å². The summed E-state index contributed by atoms with van der Waals surface area (Å²) >= 11 is 6.24. The number of halogens is 2. The highest BCUT2D eigenvalue weighted by Gasteiger charge is 2.24. The molecule has 3 rings (SSSR count). The summed E-state index contributed by atoms with van der Waals surface area (Å²) in [7, 11) is 0. The van der Waals surface area contributed by atoms with Gasteiger partial charge in [-0.05, 0) is 57.4 Å². The maximum atomic E-state index is 12.6. The van der Waals surface area contributed by atoms with Gasteiger partial charge in [0.1, 0.15) is 5.69 Å². The molecular formula is C19H26Cl2N4O. The second-order valence-corrected chi connectivity index (χ2v) is 7.69. The summed E-state index contributed by atoms with van der Waals surface area (Å²) in [4.78, 5) is 12.6. The average Bonchev–Trinajstić information content (AvgIpc) is 3.07. The van der Waals surface area contributed by atoms with Gasteiger partial charge < -0.3 is 10.6 Å². The fraction of sp³-hybridized carbons (Fsp3) is 0.474. The molecule has 2 N–H and O–H groups in total. The number of hydrogen-bond acceptors (Lipinski definition) is 3. The Morgan fingerprint density at radius 1 is 1.38 bits per heavy atom. The van der Waals surface area contributed by atoms with Crippen LogP contribution in [0.15, 0.2) is 36.5 Å². The summed E-state index contributed by atoms with van der Waals surface area (Å²) < 4.78 is 1.90. The molecule has 0 radical (unpaired) electrons. The Kier molecular flexibility index (Phi) is 7.09. The molecule has 1 atom stereocenters. The zero-order chi connectivity index (χ0) is 17.9. The molecule has 26 heavy (non-hydrogen) atoms. The first kappa shape index (κ1) is 20.7. The number of benzene rings is 1. The Hall–Kier alpha value is -1.56. The fourth-order valence-electron chi connectivity index (χ4n) is 3.26. The lowest BCUT2D eigenvalue weighted by Gasteiger charge is -2.26. The van der Waals surface area contributed by atoms with Crippen LogP contribution >= 0.6 is 24.0 Å². The number of carbonyl (C=O) groups is 1. The van der Waals surface area contributed by atoms with Crippen molar-refractivity contribution in [2.24, 2.45) is 0 Å². The van der Waals surface area contributed by atoms with Crippen LogP contribution in [0.4, 0.5) is 0 Å². The number of rotatable bonds is 5. The molecule has 0 aliphatic carbocycles. The van der Waals surface area contributed by atoms with E-state index in [-0.39, 0.29) is 18.3 Å². The molecule has 0 spiro atoms. The Labute approximate surface area is 165 Å². The van der Waals surface area contributed by atoms with Gasteiger partial charge in [0, 0.05) is 23.3 Å². The topological polar surface area (TPSA) is 59.0 Å². The Morgan fingerprint density at radius 3 is 2.85 bits per heavy atom. The van der Waals surface area contributed by atoms with Gasteiger partial charge in [0.05, 0.1) is 6.04 Å². The predicted octanol–water partition coefficient (Wildman–Crippen LogP) is 3.63. The SMILES string of the molecule is CC(C)(Cc1ccccc1Cl)NC(=O)c1ccn(C2CCCNC2)n1.Cl. The van der Waals surface area contributed by atoms with Crippen LogP contribution in [0.2, 0.25) is 5.02 Å². The van der Waals surface area contributed by atoms with Crippen LogP contribution in [0.1, 0.15) is 48.8 Å². The average molecular weight is 397 g/mol. The number of hydrogen-bond donors (Lipinski definition) is 2. The van der Waals surface area contributed by atoms with Crippen molar-refractivity contribution >= 4 is 29.9 Å². The van der Waals surface area contributed by atoms with Crippen molar-refractivity contribution in [2.75, 3.05) is 13.1 Å². The summed E-state index contributed by atoms with van der Waals surface area (Å²) in [6.07, 6.45) is 4.78. The molecule has 1 aromatic heterocycles. The molecule has 1 aliphatic heterocycles. The van der Waals surface area contributed by atoms with Gasteiger partial charge in [0.25, 0.3) is 5.91 Å². The van der Waals surface area contributed by atoms with Gasteiger partial charge in [-0.15, -0.1) is 12.4 Å². The van der Waals surface area contributed by atoms with Crippen LogP contribution in [0.5, 0.6) is 0 Å². The molecule has 5 nitrogen and oxygen atoms in total. The molecule has 1 fully saturated rings. The predicted molar refractivity (Wildman–Crippen MR) is 107 cm³/mol. The second kappa shape index (κ2) is 8.89. The fourth-order valence-corrected chi connectivity index (χ4v) is 3.46. The van der Waals surface area contributed by atoms with Gasteiger partial charge in [-0.1, -0.05) is 29.8 Å². The number of piperidine rings is 1. The first-order valence-corrected chi connectivity index (χ1v) is 9.14. The lowest BCUT2D eigenvalue weighted by atomic mass is 9.94. The molecular weight excluding hydrogens is 371 g/mol. The van der Waals surface area contributed by atoms with E-state index in [2.05, 4.69) is 15.7 Å². The molecule has 1 aromatic carbocycles. The number of carbonyl (C=O) groups excluding carboxylic acids is 1. The highest BCUT2D eigenvalue weighted by atomic mass is 35.5. The van der Waals surface area contributed by atoms with E-state index in [1.165, 1.54) is 0 Å². The normalized spacial score (nSPS) is 17.4. The van der Waals surface area contributed by atoms with Gasteiger partial charge in [-0.3, -0.25) is 9.48 Å². The highest BCUT2D eigenvalue weighted by Crippen LogP contribution is 2.21. The van der Waals surface area contributed by atoms with Gasteiger partial charge in [0.15, 0.2) is 0 Å². The minimum Gasteiger partial charge on any atom is -0.345 e. The van der Waals surface area contributed by atoms with E-state index < -0.39 is 5.54 Å². The maximum absolute atomic E-state index is 12.6. The summed E-state index contributed by atoms with van der Waals surface area (Å²) in [5.74, 6) is -0.153. The van der Waals surface area contributed by atoms with Crippen molar-refractivity contribution < 1.29 is 4.79 Å². The van der Waals surface area contributed by atoms with Gasteiger partial charge >= 0.3 is 0 Å². The number of amides is 1. The third kappa shape index (κ3) is 5.22. The molecule has 1 saturated heterocycles. The summed E-state index contributed by atoms with van der Waals surface area (Å²) in [6, 6.07) is 9.83. The van der Waals surface area contributed by atoms with E-state index >= 15 is 0 Å². The number of aromatic nitrogens is 2. The zero-order valence-corrected chi connectivity index (χ0v) is 16.7. The molecule has 142 valence electrons. The number of nitrogens with one attached hydrogen (secondary N) is 2. The second-order valence-electron chi connectivity index (χ2n) is 7.29. The van der Waals surface area contributed by atoms with Crippen LogP contribution in [0.3, 0.4) is 0 Å². The first-order chi connectivity index (χ1) is 11.9. The van der Waals surface area contributed by atoms with E-state index in [0.29, 0.717) is 18.2 Å². The van der Waals surface area contributed by atoms with Crippen molar-refractivity contribution in [2.45, 2.75) is 44.7 Å². The van der Waals surface area contributed by atoms with Crippen molar-refractivity contribution in [3.63, 3.8) is 0 Å². The van der Waals surface area contributed by atoms with Gasteiger partial charge in [0.2, 0.25) is 0 Å². The monoisotopic (exact) mass is 396 g/mol. The minimum atomic E-state index is -0.418. The minimum absolute atomic E-state index is 0. The summed E-state index contributed by atoms with van der Waals surface area (Å²) in [6.45, 7) is 5.95. The highest BCUT2D eigenvalue weighted by molar-refractivity contribution is 6.31. The third-order valence-electron chi connectivity index (χ3n) is 4.53. The summed E-state index contributed by atoms with van der Waals surface area (Å²) in [5.41, 5.74) is 1.06. The largest absolute Gasteiger partial charge is 0.345 e. The van der Waals surface area contributed by atoms with Crippen LogP contribution in [0, 0.1) is 0 Å². The number of nitrogens with zero attached hydrogens (tertiary/aromatic N) is 2. The Morgan fingerprint density at radius 2 is 2.15 bits per heavy atom. The molecule has 0 saturated carbocycles. The van der Waals surface area contributed by atoms with E-state index in [1.807, 2.05) is 49.0 Å². The first-order valence-electron chi connectivity index (χ1n) is 8.76. The third-order valence-corrected chi connectivity index (χ3v) is 4.90. The maximum Gasteiger partial charge on any atom is 0.272 e. The zero-order valence-electron chi connectivity index (χ0n) is 15.2. The quantitative estimate of drug-likeness (QED) is 0.810. The van der Waals surface area contributed by atoms with Crippen molar-refractivity contribution in [1.29, 1.82) is 0 Å². The van der Waals surface area contributed by atoms with E-state index in [0.717, 1.165) is 36.5 Å². The summed E-state index contributed by atoms with van der Waals surface area (Å²) in [5, 5.41) is 11.6. The van der Waals surface area contributed by atoms with Crippen molar-refractivity contribution in [1.82, 2.24) is 20.4 Å². The Balaban J connectivity index is 0.00000243. The van der Waals surface area contributed by atoms with Gasteiger partial charge in [-0.25, -0.2) is 0 Å². The van der Waals surface area contributed by atoms with Crippen LogP contribution in [0.25, 0.3) is 0 Å². The molecule has 1 aliphatic rings. The van der Waals surface area contributed by atoms with E-state index in [4.69, 9.17) is 11.6 Å². The lowest BCUT2D eigenvalue weighted by Crippen LogP contribution is -2.45. The van der Waals surface area contributed by atoms with Crippen LogP contribution in [-0.2, 0) is 6.42 Å². The van der Waals surface area contributed by atoms with Crippen molar-refractivity contribution in [3.05, 3.63) is 52.8 Å². The molecule has 0 bridgehead atoms. The molecule has 7 heteroatoms. The van der Waals surface area contributed by atoms with E-state index in [9.17, 15) is 4.79 Å². The van der Waals surface area contributed by atoms with Crippen LogP contribution < -0.4 is 10.6 Å². The molecule has 1 amide bonds. The standard InChI is InChI=1S/C19H25ClN4O.ClH/c1-19(2,12-14-6-3-4-8-16(14)20)22-18(25)17-9-11-24(23-17)15-7-5-10-21-13-15;/h3-4,6,8-9,11,15,21H,5,7,10,12-13H2,1-2H3,(H,22,25);1H. The molecule has 2 heterocycles. The molecule has 2 aromatic rings. The molecule has 1 unspecified atom stereocenters. The lowest BCUT2D eigenvalue weighted by molar-refractivity contribution is 0.0906. The van der Waals surface area contributed by atoms with Gasteiger partial charge in [-0.2, -0.15) is 5.10 Å². The smallest absolute Gasteiger partial charge is 0.272 e. The van der Waals surface area contributed by atoms with Crippen LogP contribution in [-0.4, -0.2) is 34.3 Å². The Bertz CT molecular complexity index is 739. The van der Waals surface area contributed by atoms with E-state index in [1.54, 1.807) is 6.07 Å².